The van der Waals surface area contributed by atoms with E-state index in [1.165, 1.54) is 13.2 Å². The van der Waals surface area contributed by atoms with E-state index in [0.29, 0.717) is 0 Å². The van der Waals surface area contributed by atoms with Crippen LogP contribution in [0.4, 0.5) is 0 Å². The topological polar surface area (TPSA) is 70.2 Å². The van der Waals surface area contributed by atoms with Gasteiger partial charge in [-0.2, -0.15) is 4.31 Å². The molecule has 2 rings (SSSR count). The number of aromatic amines is 1. The summed E-state index contributed by atoms with van der Waals surface area (Å²) in [6.07, 6.45) is 2.39. The normalized spacial score (nSPS) is 11.8. The van der Waals surface area contributed by atoms with Crippen molar-refractivity contribution in [3.8, 4) is 0 Å². The predicted octanol–water partition coefficient (Wildman–Crippen LogP) is 1.85. The highest BCUT2D eigenvalue weighted by Gasteiger charge is 2.24. The molecule has 0 bridgehead atoms. The number of nitrogens with zero attached hydrogens (tertiary/aromatic N) is 1. The van der Waals surface area contributed by atoms with E-state index in [0.717, 1.165) is 16.1 Å². The zero-order valence-corrected chi connectivity index (χ0v) is 12.3. The minimum absolute atomic E-state index is 0.154. The van der Waals surface area contributed by atoms with Gasteiger partial charge in [0.1, 0.15) is 9.92 Å². The first-order chi connectivity index (χ1) is 9.43. The second kappa shape index (κ2) is 5.78. The molecule has 0 saturated carbocycles. The number of pyridine rings is 1. The molecule has 0 aliphatic carbocycles. The number of rotatable bonds is 4. The minimum atomic E-state index is -3.89. The first-order valence-corrected chi connectivity index (χ1v) is 7.61. The molecule has 0 saturated heterocycles. The van der Waals surface area contributed by atoms with E-state index in [4.69, 9.17) is 11.6 Å². The van der Waals surface area contributed by atoms with Crippen LogP contribution in [0.2, 0.25) is 5.02 Å². The molecule has 1 N–H and O–H groups in total. The Bertz CT molecular complexity index is 757. The van der Waals surface area contributed by atoms with Crippen molar-refractivity contribution in [2.75, 3.05) is 7.05 Å². The third-order valence-corrected chi connectivity index (χ3v) is 4.89. The van der Waals surface area contributed by atoms with Gasteiger partial charge in [0.25, 0.3) is 0 Å². The Balaban J connectivity index is 2.35. The maximum absolute atomic E-state index is 12.4. The maximum atomic E-state index is 12.4. The number of H-pyrrole nitrogens is 1. The zero-order chi connectivity index (χ0) is 14.8. The van der Waals surface area contributed by atoms with Crippen LogP contribution in [0.5, 0.6) is 0 Å². The SMILES string of the molecule is CN(Cc1ccccc1)S(=O)(=O)c1c[nH]cc(Cl)c1=O. The summed E-state index contributed by atoms with van der Waals surface area (Å²) in [6.45, 7) is 0.176. The number of benzene rings is 1. The Morgan fingerprint density at radius 3 is 2.50 bits per heavy atom. The van der Waals surface area contributed by atoms with Crippen molar-refractivity contribution in [3.05, 3.63) is 63.5 Å². The van der Waals surface area contributed by atoms with Crippen molar-refractivity contribution < 1.29 is 8.42 Å². The van der Waals surface area contributed by atoms with Crippen LogP contribution in [0.1, 0.15) is 5.56 Å². The number of hydrogen-bond donors (Lipinski definition) is 1. The number of aromatic nitrogens is 1. The summed E-state index contributed by atoms with van der Waals surface area (Å²) < 4.78 is 25.8. The van der Waals surface area contributed by atoms with E-state index in [1.807, 2.05) is 30.3 Å². The Morgan fingerprint density at radius 1 is 1.20 bits per heavy atom. The number of halogens is 1. The Hall–Kier alpha value is -1.63. The van der Waals surface area contributed by atoms with Crippen molar-refractivity contribution in [1.82, 2.24) is 9.29 Å². The second-order valence-corrected chi connectivity index (χ2v) is 6.66. The van der Waals surface area contributed by atoms with Gasteiger partial charge in [0.2, 0.25) is 15.5 Å². The highest BCUT2D eigenvalue weighted by Crippen LogP contribution is 2.14. The van der Waals surface area contributed by atoms with Crippen molar-refractivity contribution in [1.29, 1.82) is 0 Å². The Morgan fingerprint density at radius 2 is 1.85 bits per heavy atom. The summed E-state index contributed by atoms with van der Waals surface area (Å²) >= 11 is 5.66. The molecular weight excluding hydrogens is 300 g/mol. The monoisotopic (exact) mass is 312 g/mol. The van der Waals surface area contributed by atoms with Crippen LogP contribution in [-0.2, 0) is 16.6 Å². The van der Waals surface area contributed by atoms with Crippen LogP contribution in [0, 0.1) is 0 Å². The van der Waals surface area contributed by atoms with E-state index >= 15 is 0 Å². The van der Waals surface area contributed by atoms with Gasteiger partial charge in [-0.1, -0.05) is 41.9 Å². The molecule has 106 valence electrons. The van der Waals surface area contributed by atoms with E-state index in [-0.39, 0.29) is 16.5 Å². The molecule has 1 aromatic heterocycles. The van der Waals surface area contributed by atoms with Gasteiger partial charge in [0.15, 0.2) is 0 Å². The molecule has 20 heavy (non-hydrogen) atoms. The van der Waals surface area contributed by atoms with Gasteiger partial charge in [-0.25, -0.2) is 8.42 Å². The second-order valence-electron chi connectivity index (χ2n) is 4.24. The molecule has 0 unspecified atom stereocenters. The van der Waals surface area contributed by atoms with Crippen molar-refractivity contribution >= 4 is 21.6 Å². The molecule has 0 radical (unpaired) electrons. The van der Waals surface area contributed by atoms with Crippen LogP contribution >= 0.6 is 11.6 Å². The molecule has 0 aliphatic heterocycles. The summed E-state index contributed by atoms with van der Waals surface area (Å²) in [6, 6.07) is 9.12. The lowest BCUT2D eigenvalue weighted by molar-refractivity contribution is 0.466. The number of hydrogen-bond acceptors (Lipinski definition) is 3. The van der Waals surface area contributed by atoms with Crippen molar-refractivity contribution in [3.63, 3.8) is 0 Å². The van der Waals surface area contributed by atoms with Crippen LogP contribution in [0.25, 0.3) is 0 Å². The lowest BCUT2D eigenvalue weighted by Crippen LogP contribution is -2.30. The third kappa shape index (κ3) is 2.92. The number of nitrogens with one attached hydrogen (secondary N) is 1. The van der Waals surface area contributed by atoms with Crippen LogP contribution in [0.15, 0.2) is 52.4 Å². The summed E-state index contributed by atoms with van der Waals surface area (Å²) in [4.78, 5) is 14.0. The van der Waals surface area contributed by atoms with E-state index in [2.05, 4.69) is 4.98 Å². The molecule has 0 amide bonds. The fourth-order valence-electron chi connectivity index (χ4n) is 1.72. The first-order valence-electron chi connectivity index (χ1n) is 5.80. The molecule has 5 nitrogen and oxygen atoms in total. The summed E-state index contributed by atoms with van der Waals surface area (Å²) in [5, 5.41) is -0.154. The van der Waals surface area contributed by atoms with Crippen LogP contribution < -0.4 is 5.43 Å². The quantitative estimate of drug-likeness (QED) is 0.936. The molecule has 0 aliphatic rings. The fourth-order valence-corrected chi connectivity index (χ4v) is 3.16. The smallest absolute Gasteiger partial charge is 0.248 e. The molecule has 0 fully saturated rings. The largest absolute Gasteiger partial charge is 0.365 e. The lowest BCUT2D eigenvalue weighted by Gasteiger charge is -2.16. The summed E-state index contributed by atoms with van der Waals surface area (Å²) in [5.41, 5.74) is 0.127. The van der Waals surface area contributed by atoms with E-state index < -0.39 is 15.5 Å². The fraction of sp³-hybridized carbons (Fsp3) is 0.154. The highest BCUT2D eigenvalue weighted by molar-refractivity contribution is 7.89. The van der Waals surface area contributed by atoms with Crippen molar-refractivity contribution in [2.45, 2.75) is 11.4 Å². The Labute approximate surface area is 121 Å². The summed E-state index contributed by atoms with van der Waals surface area (Å²) in [5.74, 6) is 0. The molecule has 0 spiro atoms. The first kappa shape index (κ1) is 14.8. The minimum Gasteiger partial charge on any atom is -0.365 e. The average Bonchev–Trinajstić information content (AvgIpc) is 2.42. The molecule has 7 heteroatoms. The van der Waals surface area contributed by atoms with E-state index in [1.54, 1.807) is 0 Å². The Kier molecular flexibility index (Phi) is 4.27. The molecule has 2 aromatic rings. The van der Waals surface area contributed by atoms with E-state index in [9.17, 15) is 13.2 Å². The van der Waals surface area contributed by atoms with Gasteiger partial charge in [-0.05, 0) is 5.56 Å². The van der Waals surface area contributed by atoms with Gasteiger partial charge in [-0.3, -0.25) is 4.79 Å². The van der Waals surface area contributed by atoms with Gasteiger partial charge in [0, 0.05) is 26.0 Å². The lowest BCUT2D eigenvalue weighted by atomic mass is 10.2. The van der Waals surface area contributed by atoms with Gasteiger partial charge < -0.3 is 4.98 Å². The average molecular weight is 313 g/mol. The predicted molar refractivity (Wildman–Crippen MR) is 77.2 cm³/mol. The molecular formula is C13H13ClN2O3S. The third-order valence-electron chi connectivity index (χ3n) is 2.80. The molecule has 0 atom stereocenters. The van der Waals surface area contributed by atoms with Crippen LogP contribution in [-0.4, -0.2) is 24.8 Å². The molecule has 1 heterocycles. The molecule has 1 aromatic carbocycles. The maximum Gasteiger partial charge on any atom is 0.248 e. The number of sulfonamides is 1. The standard InChI is InChI=1S/C13H13ClN2O3S/c1-16(9-10-5-3-2-4-6-10)20(18,19)12-8-15-7-11(14)13(12)17/h2-8H,9H2,1H3,(H,15,17). The van der Waals surface area contributed by atoms with Gasteiger partial charge in [-0.15, -0.1) is 0 Å². The zero-order valence-electron chi connectivity index (χ0n) is 10.7. The van der Waals surface area contributed by atoms with Crippen LogP contribution in [0.3, 0.4) is 0 Å². The van der Waals surface area contributed by atoms with Crippen molar-refractivity contribution in [2.24, 2.45) is 0 Å². The van der Waals surface area contributed by atoms with Gasteiger partial charge >= 0.3 is 0 Å². The highest BCUT2D eigenvalue weighted by atomic mass is 35.5. The van der Waals surface area contributed by atoms with Gasteiger partial charge in [0.05, 0.1) is 0 Å². The summed E-state index contributed by atoms with van der Waals surface area (Å²) in [7, 11) is -2.47.